The van der Waals surface area contributed by atoms with Crippen LogP contribution < -0.4 is 0 Å². The maximum Gasteiger partial charge on any atom is 0.0467 e. The molecule has 1 aromatic heterocycles. The van der Waals surface area contributed by atoms with Crippen LogP contribution in [0, 0.1) is 13.8 Å². The Hall–Kier alpha value is -0.336. The van der Waals surface area contributed by atoms with Gasteiger partial charge in [0.15, 0.2) is 0 Å². The molecular weight excluding hydrogens is 237 g/mol. The van der Waals surface area contributed by atoms with Crippen LogP contribution in [-0.2, 0) is 32.7 Å². The van der Waals surface area contributed by atoms with E-state index in [1.807, 2.05) is 38.1 Å². The number of rotatable bonds is 0. The fourth-order valence-electron chi connectivity index (χ4n) is 0.825. The quantitative estimate of drug-likeness (QED) is 0.716. The van der Waals surface area contributed by atoms with Crippen molar-refractivity contribution in [1.82, 2.24) is 9.97 Å². The number of aromatic amines is 1. The van der Waals surface area contributed by atoms with Crippen LogP contribution in [0.5, 0.6) is 0 Å². The minimum absolute atomic E-state index is 0. The van der Waals surface area contributed by atoms with Crippen molar-refractivity contribution in [2.75, 3.05) is 0 Å². The molecule has 3 heteroatoms. The zero-order valence-electron chi connectivity index (χ0n) is 8.33. The van der Waals surface area contributed by atoms with E-state index in [-0.39, 0.29) is 40.1 Å². The van der Waals surface area contributed by atoms with Gasteiger partial charge >= 0.3 is 0 Å². The van der Waals surface area contributed by atoms with E-state index >= 15 is 0 Å². The zero-order valence-corrected chi connectivity index (χ0v) is 11.2. The molecule has 1 heterocycles. The predicted molar refractivity (Wildman–Crippen MR) is 52.7 cm³/mol. The molecule has 13 heavy (non-hydrogen) atoms. The molecule has 0 fully saturated rings. The van der Waals surface area contributed by atoms with Gasteiger partial charge in [0.25, 0.3) is 0 Å². The number of hydrogen-bond donors (Lipinski definition) is 1. The van der Waals surface area contributed by atoms with Gasteiger partial charge in [-0.3, -0.25) is 0 Å². The van der Waals surface area contributed by atoms with E-state index in [1.165, 1.54) is 0 Å². The van der Waals surface area contributed by atoms with Gasteiger partial charge in [0.1, 0.15) is 0 Å². The summed E-state index contributed by atoms with van der Waals surface area (Å²) in [6.45, 7) is 4.00. The summed E-state index contributed by atoms with van der Waals surface area (Å²) in [5.41, 5.74) is 2.01. The summed E-state index contributed by atoms with van der Waals surface area (Å²) in [5, 5.41) is 0. The van der Waals surface area contributed by atoms with Crippen molar-refractivity contribution in [3.63, 3.8) is 0 Å². The van der Waals surface area contributed by atoms with Crippen molar-refractivity contribution in [3.8, 4) is 0 Å². The van der Waals surface area contributed by atoms with Crippen LogP contribution >= 0.6 is 0 Å². The summed E-state index contributed by atoms with van der Waals surface area (Å²) in [4.78, 5) is 6.82. The van der Waals surface area contributed by atoms with Gasteiger partial charge < -0.3 is 9.97 Å². The number of H-pyrrole nitrogens is 1. The summed E-state index contributed by atoms with van der Waals surface area (Å²) in [5.74, 6) is 0. The molecule has 0 aliphatic carbocycles. The molecule has 0 saturated carbocycles. The molecule has 1 radical (unpaired) electrons. The number of imidazole rings is 1. The first-order valence-corrected chi connectivity index (χ1v) is 3.77. The van der Waals surface area contributed by atoms with Crippen molar-refractivity contribution < 1.29 is 32.7 Å². The first kappa shape index (κ1) is 15.2. The molecule has 0 unspecified atom stereocenters. The molecule has 0 amide bonds. The van der Waals surface area contributed by atoms with Gasteiger partial charge in [0, 0.05) is 40.1 Å². The number of nitrogens with zero attached hydrogens (tertiary/aromatic N) is 1. The van der Waals surface area contributed by atoms with Gasteiger partial charge in [-0.1, -0.05) is 37.0 Å². The van der Waals surface area contributed by atoms with Crippen LogP contribution in [0.25, 0.3) is 11.0 Å². The van der Waals surface area contributed by atoms with Gasteiger partial charge in [-0.25, -0.2) is 0 Å². The van der Waals surface area contributed by atoms with Crippen molar-refractivity contribution in [2.45, 2.75) is 13.8 Å². The molecule has 2 nitrogen and oxygen atoms in total. The molecular formula is C10H14N2Y. The smallest absolute Gasteiger partial charge is 0.0467 e. The molecule has 1 aromatic carbocycles. The Kier molecular flexibility index (Phi) is 9.64. The fourth-order valence-corrected chi connectivity index (χ4v) is 0.825. The van der Waals surface area contributed by atoms with Crippen LogP contribution in [-0.4, -0.2) is 9.97 Å². The second-order valence-electron chi connectivity index (χ2n) is 1.87. The number of benzene rings is 1. The van der Waals surface area contributed by atoms with E-state index < -0.39 is 0 Å². The van der Waals surface area contributed by atoms with E-state index in [9.17, 15) is 0 Å². The minimum atomic E-state index is 0. The predicted octanol–water partition coefficient (Wildman–Crippen LogP) is 2.84. The molecule has 0 aliphatic rings. The number of fused-ring (bicyclic) bond motifs is 1. The summed E-state index contributed by atoms with van der Waals surface area (Å²) in [6.07, 6.45) is 2.66. The number of aromatic nitrogens is 2. The molecule has 0 atom stereocenters. The summed E-state index contributed by atoms with van der Waals surface area (Å²) in [7, 11) is 0. The van der Waals surface area contributed by atoms with Gasteiger partial charge in [-0.05, 0) is 6.33 Å². The summed E-state index contributed by atoms with van der Waals surface area (Å²) < 4.78 is 0. The standard InChI is InChI=1S/C7H5N2.C2H6.CH3.Y/c1-2-4-7-6(3-1)8-5-9-7;1-2;;/h1-4H,(H,8,9);1-2H3;1H3;/q-1;;+1;. The van der Waals surface area contributed by atoms with E-state index in [4.69, 9.17) is 0 Å². The molecule has 1 N–H and O–H groups in total. The molecule has 0 aliphatic heterocycles. The Balaban J connectivity index is 0. The molecule has 0 saturated heterocycles. The first-order chi connectivity index (χ1) is 5.47. The van der Waals surface area contributed by atoms with E-state index in [1.54, 1.807) is 0 Å². The van der Waals surface area contributed by atoms with E-state index in [2.05, 4.69) is 16.3 Å². The minimum Gasteiger partial charge on any atom is -0.461 e. The average molecular weight is 251 g/mol. The first-order valence-electron chi connectivity index (χ1n) is 3.77. The van der Waals surface area contributed by atoms with Gasteiger partial charge in [-0.15, -0.1) is 12.1 Å². The third-order valence-corrected chi connectivity index (χ3v) is 1.27. The van der Waals surface area contributed by atoms with Crippen LogP contribution in [0.15, 0.2) is 24.3 Å². The zero-order chi connectivity index (χ0) is 8.10. The van der Waals surface area contributed by atoms with Crippen molar-refractivity contribution >= 4 is 11.0 Å². The Bertz CT molecular complexity index is 287. The number of hydrogen-bond acceptors (Lipinski definition) is 1. The monoisotopic (exact) mass is 251 g/mol. The summed E-state index contributed by atoms with van der Waals surface area (Å²) in [6, 6.07) is 7.84. The Morgan fingerprint density at radius 1 is 1.23 bits per heavy atom. The summed E-state index contributed by atoms with van der Waals surface area (Å²) >= 11 is 0. The third-order valence-electron chi connectivity index (χ3n) is 1.27. The Morgan fingerprint density at radius 3 is 2.46 bits per heavy atom. The van der Waals surface area contributed by atoms with Crippen LogP contribution in [0.3, 0.4) is 0 Å². The molecule has 2 aromatic rings. The normalized spacial score (nSPS) is 7.54. The average Bonchev–Trinajstić information content (AvgIpc) is 2.55. The van der Waals surface area contributed by atoms with Crippen LogP contribution in [0.1, 0.15) is 13.8 Å². The maximum absolute atomic E-state index is 3.94. The fraction of sp³-hybridized carbons (Fsp3) is 0.200. The maximum atomic E-state index is 3.94. The van der Waals surface area contributed by atoms with E-state index in [0.29, 0.717) is 0 Å². The number of nitrogens with one attached hydrogen (secondary N) is 1. The van der Waals surface area contributed by atoms with Crippen LogP contribution in [0.2, 0.25) is 0 Å². The van der Waals surface area contributed by atoms with Gasteiger partial charge in [0.2, 0.25) is 0 Å². The van der Waals surface area contributed by atoms with Crippen molar-refractivity contribution in [3.05, 3.63) is 38.0 Å². The third kappa shape index (κ3) is 3.92. The molecule has 0 spiro atoms. The van der Waals surface area contributed by atoms with Crippen molar-refractivity contribution in [2.24, 2.45) is 0 Å². The Morgan fingerprint density at radius 2 is 1.85 bits per heavy atom. The topological polar surface area (TPSA) is 28.7 Å². The van der Waals surface area contributed by atoms with Crippen molar-refractivity contribution in [1.29, 1.82) is 0 Å². The van der Waals surface area contributed by atoms with Gasteiger partial charge in [-0.2, -0.15) is 0 Å². The second kappa shape index (κ2) is 8.27. The Labute approximate surface area is 105 Å². The van der Waals surface area contributed by atoms with Crippen LogP contribution in [0.4, 0.5) is 0 Å². The largest absolute Gasteiger partial charge is 0.461 e. The van der Waals surface area contributed by atoms with E-state index in [0.717, 1.165) is 11.0 Å². The SMILES string of the molecule is CC.[CH3+].[Y].[c-]1nc2ccccc2[nH]1. The molecule has 0 bridgehead atoms. The second-order valence-corrected chi connectivity index (χ2v) is 1.87. The molecule has 67 valence electrons. The molecule has 2 rings (SSSR count). The number of para-hydroxylation sites is 2. The van der Waals surface area contributed by atoms with Gasteiger partial charge in [0.05, 0.1) is 0 Å².